The van der Waals surface area contributed by atoms with Crippen molar-refractivity contribution in [3.63, 3.8) is 0 Å². The van der Waals surface area contributed by atoms with Crippen molar-refractivity contribution in [2.24, 2.45) is 9.98 Å². The molecule has 210 valence electrons. The molecule has 1 saturated carbocycles. The number of aliphatic imine (C=N–C) groups is 2. The standard InChI is InChI=1S/C37H40N2O2/c1-24(2)34-19-28(26-11-7-5-8-12-26)17-30(36(34)40)22-38-32-15-16-33(21-32)39-23-31-18-29(27-13-9-6-10-14-27)20-35(25(3)4)37(31)41/h5-14,17-20,22-25,32-33,40-41H,15-16,21H2,1-4H3. The van der Waals surface area contributed by atoms with Gasteiger partial charge >= 0.3 is 0 Å². The highest BCUT2D eigenvalue weighted by atomic mass is 16.3. The smallest absolute Gasteiger partial charge is 0.127 e. The van der Waals surface area contributed by atoms with Gasteiger partial charge < -0.3 is 10.2 Å². The van der Waals surface area contributed by atoms with E-state index in [-0.39, 0.29) is 23.9 Å². The Bertz CT molecular complexity index is 1420. The van der Waals surface area contributed by atoms with Crippen LogP contribution in [0, 0.1) is 0 Å². The van der Waals surface area contributed by atoms with Gasteiger partial charge in [-0.1, -0.05) is 88.4 Å². The molecule has 1 aliphatic carbocycles. The van der Waals surface area contributed by atoms with Gasteiger partial charge in [0.05, 0.1) is 12.1 Å². The summed E-state index contributed by atoms with van der Waals surface area (Å²) < 4.78 is 0. The van der Waals surface area contributed by atoms with Crippen LogP contribution in [0.15, 0.2) is 94.9 Å². The number of nitrogens with zero attached hydrogens (tertiary/aromatic N) is 2. The third-order valence-electron chi connectivity index (χ3n) is 8.02. The molecule has 0 radical (unpaired) electrons. The summed E-state index contributed by atoms with van der Waals surface area (Å²) in [5, 5.41) is 22.0. The van der Waals surface area contributed by atoms with Crippen LogP contribution in [-0.4, -0.2) is 34.7 Å². The molecule has 0 saturated heterocycles. The summed E-state index contributed by atoms with van der Waals surface area (Å²) in [6.07, 6.45) is 6.42. The molecule has 5 rings (SSSR count). The maximum atomic E-state index is 11.0. The molecule has 0 aliphatic heterocycles. The number of aromatic hydroxyl groups is 2. The van der Waals surface area contributed by atoms with E-state index in [9.17, 15) is 10.2 Å². The van der Waals surface area contributed by atoms with Crippen LogP contribution in [0.3, 0.4) is 0 Å². The first-order chi connectivity index (χ1) is 19.8. The second kappa shape index (κ2) is 12.6. The Kier molecular flexibility index (Phi) is 8.68. The third kappa shape index (κ3) is 6.59. The van der Waals surface area contributed by atoms with Crippen molar-refractivity contribution < 1.29 is 10.2 Å². The lowest BCUT2D eigenvalue weighted by Gasteiger charge is -2.14. The molecule has 4 aromatic rings. The topological polar surface area (TPSA) is 65.2 Å². The van der Waals surface area contributed by atoms with Gasteiger partial charge in [0.15, 0.2) is 0 Å². The molecule has 2 N–H and O–H groups in total. The van der Waals surface area contributed by atoms with Crippen LogP contribution >= 0.6 is 0 Å². The minimum absolute atomic E-state index is 0.148. The van der Waals surface area contributed by atoms with E-state index in [1.54, 1.807) is 0 Å². The van der Waals surface area contributed by atoms with Gasteiger partial charge in [-0.3, -0.25) is 9.98 Å². The van der Waals surface area contributed by atoms with E-state index in [1.165, 1.54) is 0 Å². The summed E-state index contributed by atoms with van der Waals surface area (Å²) in [6, 6.07) is 29.0. The van der Waals surface area contributed by atoms with Crippen LogP contribution in [0.5, 0.6) is 11.5 Å². The first-order valence-electron chi connectivity index (χ1n) is 14.7. The molecule has 4 heteroatoms. The molecule has 2 atom stereocenters. The molecule has 0 bridgehead atoms. The molecule has 0 spiro atoms. The average Bonchev–Trinajstić information content (AvgIpc) is 3.44. The van der Waals surface area contributed by atoms with Gasteiger partial charge in [0.25, 0.3) is 0 Å². The lowest BCUT2D eigenvalue weighted by Crippen LogP contribution is -2.04. The van der Waals surface area contributed by atoms with Crippen LogP contribution in [-0.2, 0) is 0 Å². The summed E-state index contributed by atoms with van der Waals surface area (Å²) in [5.41, 5.74) is 7.79. The highest BCUT2D eigenvalue weighted by molar-refractivity contribution is 5.88. The summed E-state index contributed by atoms with van der Waals surface area (Å²) in [4.78, 5) is 9.79. The fraction of sp³-hybridized carbons (Fsp3) is 0.297. The van der Waals surface area contributed by atoms with Gasteiger partial charge in [0.2, 0.25) is 0 Å². The van der Waals surface area contributed by atoms with Crippen molar-refractivity contribution >= 4 is 12.4 Å². The Balaban J connectivity index is 1.34. The van der Waals surface area contributed by atoms with Crippen LogP contribution in [0.2, 0.25) is 0 Å². The first-order valence-corrected chi connectivity index (χ1v) is 14.7. The van der Waals surface area contributed by atoms with Crippen molar-refractivity contribution in [2.45, 2.75) is 70.9 Å². The van der Waals surface area contributed by atoms with E-state index in [0.29, 0.717) is 11.5 Å². The van der Waals surface area contributed by atoms with Gasteiger partial charge in [-0.15, -0.1) is 0 Å². The second-order valence-electron chi connectivity index (χ2n) is 11.7. The predicted octanol–water partition coefficient (Wildman–Crippen LogP) is 9.14. The molecule has 41 heavy (non-hydrogen) atoms. The number of benzene rings is 4. The van der Waals surface area contributed by atoms with Crippen molar-refractivity contribution in [3.8, 4) is 33.8 Å². The second-order valence-corrected chi connectivity index (χ2v) is 11.7. The summed E-state index contributed by atoms with van der Waals surface area (Å²) in [6.45, 7) is 8.40. The van der Waals surface area contributed by atoms with Crippen LogP contribution in [0.25, 0.3) is 22.3 Å². The molecule has 1 fully saturated rings. The monoisotopic (exact) mass is 544 g/mol. The van der Waals surface area contributed by atoms with Gasteiger partial charge in [0.1, 0.15) is 11.5 Å². The van der Waals surface area contributed by atoms with Crippen molar-refractivity contribution in [1.29, 1.82) is 0 Å². The van der Waals surface area contributed by atoms with E-state index in [2.05, 4.69) is 64.1 Å². The van der Waals surface area contributed by atoms with Crippen LogP contribution in [0.1, 0.15) is 81.0 Å². The fourth-order valence-corrected chi connectivity index (χ4v) is 5.61. The van der Waals surface area contributed by atoms with Crippen molar-refractivity contribution in [2.75, 3.05) is 0 Å². The predicted molar refractivity (Wildman–Crippen MR) is 172 cm³/mol. The highest BCUT2D eigenvalue weighted by Gasteiger charge is 2.24. The van der Waals surface area contributed by atoms with Gasteiger partial charge in [0, 0.05) is 23.6 Å². The van der Waals surface area contributed by atoms with E-state index in [1.807, 2.05) is 61.0 Å². The Labute approximate surface area is 244 Å². The number of phenols is 2. The zero-order valence-electron chi connectivity index (χ0n) is 24.5. The number of phenolic OH excluding ortho intramolecular Hbond substituents is 2. The molecule has 0 aromatic heterocycles. The van der Waals surface area contributed by atoms with E-state index >= 15 is 0 Å². The Morgan fingerprint density at radius 3 is 1.34 bits per heavy atom. The van der Waals surface area contributed by atoms with E-state index < -0.39 is 0 Å². The molecule has 1 aliphatic rings. The molecule has 4 aromatic carbocycles. The summed E-state index contributed by atoms with van der Waals surface area (Å²) in [5.74, 6) is 1.02. The Hall–Kier alpha value is -4.18. The summed E-state index contributed by atoms with van der Waals surface area (Å²) >= 11 is 0. The number of rotatable bonds is 8. The fourth-order valence-electron chi connectivity index (χ4n) is 5.61. The zero-order valence-corrected chi connectivity index (χ0v) is 24.5. The minimum Gasteiger partial charge on any atom is -0.507 e. The maximum absolute atomic E-state index is 11.0. The molecule has 4 nitrogen and oxygen atoms in total. The van der Waals surface area contributed by atoms with Gasteiger partial charge in [-0.2, -0.15) is 0 Å². The normalized spacial score (nSPS) is 17.4. The average molecular weight is 545 g/mol. The quantitative estimate of drug-likeness (QED) is 0.217. The van der Waals surface area contributed by atoms with Crippen molar-refractivity contribution in [1.82, 2.24) is 0 Å². The number of hydrogen-bond acceptors (Lipinski definition) is 4. The minimum atomic E-state index is 0.148. The van der Waals surface area contributed by atoms with E-state index in [0.717, 1.165) is 63.8 Å². The number of hydrogen-bond donors (Lipinski definition) is 2. The SMILES string of the molecule is CC(C)c1cc(-c2ccccc2)cc(C=NC2CCC(N=Cc3cc(-c4ccccc4)cc(C(C)C)c3O)C2)c1O. The zero-order chi connectivity index (χ0) is 28.9. The van der Waals surface area contributed by atoms with Crippen LogP contribution < -0.4 is 0 Å². The molecule has 2 unspecified atom stereocenters. The molecular weight excluding hydrogens is 504 g/mol. The lowest BCUT2D eigenvalue weighted by atomic mass is 9.93. The van der Waals surface area contributed by atoms with Gasteiger partial charge in [-0.25, -0.2) is 0 Å². The maximum Gasteiger partial charge on any atom is 0.127 e. The Morgan fingerprint density at radius 1 is 0.585 bits per heavy atom. The Morgan fingerprint density at radius 2 is 0.976 bits per heavy atom. The largest absolute Gasteiger partial charge is 0.507 e. The highest BCUT2D eigenvalue weighted by Crippen LogP contribution is 2.36. The molecular formula is C37H40N2O2. The molecule has 0 heterocycles. The van der Waals surface area contributed by atoms with Gasteiger partial charge in [-0.05, 0) is 88.7 Å². The lowest BCUT2D eigenvalue weighted by molar-refractivity contribution is 0.463. The van der Waals surface area contributed by atoms with Crippen LogP contribution in [0.4, 0.5) is 0 Å². The summed E-state index contributed by atoms with van der Waals surface area (Å²) in [7, 11) is 0. The third-order valence-corrected chi connectivity index (χ3v) is 8.02. The molecule has 0 amide bonds. The van der Waals surface area contributed by atoms with E-state index in [4.69, 9.17) is 9.98 Å². The van der Waals surface area contributed by atoms with Crippen molar-refractivity contribution in [3.05, 3.63) is 107 Å². The first kappa shape index (κ1) is 28.4.